The summed E-state index contributed by atoms with van der Waals surface area (Å²) in [5.74, 6) is 0. The number of aliphatic hydroxyl groups is 20. The first-order valence-corrected chi connectivity index (χ1v) is 22.9. The Hall–Kier alpha value is -1.32. The third kappa shape index (κ3) is 12.5. The van der Waals surface area contributed by atoms with Gasteiger partial charge >= 0.3 is 0 Å². The summed E-state index contributed by atoms with van der Waals surface area (Å²) >= 11 is 0. The summed E-state index contributed by atoms with van der Waals surface area (Å²) in [6, 6.07) is 0. The van der Waals surface area contributed by atoms with Crippen LogP contribution in [0.3, 0.4) is 0 Å². The molecule has 0 amide bonds. The van der Waals surface area contributed by atoms with Crippen molar-refractivity contribution in [2.75, 3.05) is 46.2 Å². The van der Waals surface area contributed by atoms with Crippen LogP contribution >= 0.6 is 0 Å². The zero-order valence-corrected chi connectivity index (χ0v) is 37.7. The van der Waals surface area contributed by atoms with E-state index in [0.29, 0.717) is 0 Å². The molecule has 20 N–H and O–H groups in total. The number of rotatable bonds is 16. The van der Waals surface area contributed by atoms with Gasteiger partial charge in [-0.15, -0.1) is 0 Å². The maximum absolute atomic E-state index is 11.7. The first-order valence-electron chi connectivity index (χ1n) is 22.9. The van der Waals surface area contributed by atoms with Crippen LogP contribution in [0.1, 0.15) is 0 Å². The molecule has 7 fully saturated rings. The molecule has 420 valence electrons. The summed E-state index contributed by atoms with van der Waals surface area (Å²) in [5, 5.41) is 211. The fourth-order valence-corrected chi connectivity index (χ4v) is 8.85. The van der Waals surface area contributed by atoms with E-state index in [9.17, 15) is 102 Å². The second-order valence-corrected chi connectivity index (χ2v) is 18.3. The molecule has 7 rings (SSSR count). The number of ether oxygens (including phenoxy) is 13. The molecule has 7 heterocycles. The van der Waals surface area contributed by atoms with Crippen LogP contribution in [0.15, 0.2) is 0 Å². The van der Waals surface area contributed by atoms with Crippen LogP contribution in [0.2, 0.25) is 0 Å². The molecule has 32 atom stereocenters. The van der Waals surface area contributed by atoms with Crippen molar-refractivity contribution in [3.8, 4) is 0 Å². The van der Waals surface area contributed by atoms with Gasteiger partial charge in [-0.3, -0.25) is 0 Å². The van der Waals surface area contributed by atoms with Crippen LogP contribution in [-0.4, -0.2) is 345 Å². The standard InChI is InChI=1S/C39H66O33/c40-1-11-30(20(49)23(52)33(59)66-11)70-38-28(57)21(50)32(14(68-38)7-65-36-26(55)17(46)10(43)4-62-36)72-39-29(58)22(51)31(13(69-39)6-64-35-25(54)16(45)9(42)3-61-35)71-37-27(56)19(48)18(47)12(67-37)5-63-34-24(53)15(44)8(41)2-60-34/h8-59H,1-7H2/t8-,9-,10-,11-,12-,13-,14-,15+,16+,17+,18-,19+,20-,21-,22-,23-,24-,25-,26-,27-,28-,29-,30-,31-,32-,33-,34+,35+,36+,37+,38+,39+/m0/s1. The number of hydrogen-bond acceptors (Lipinski definition) is 33. The van der Waals surface area contributed by atoms with Gasteiger partial charge in [0.15, 0.2) is 44.0 Å². The number of hydrogen-bond donors (Lipinski definition) is 20. The van der Waals surface area contributed by atoms with Crippen molar-refractivity contribution in [1.82, 2.24) is 0 Å². The van der Waals surface area contributed by atoms with E-state index in [-0.39, 0.29) is 0 Å². The van der Waals surface area contributed by atoms with Crippen molar-refractivity contribution in [1.29, 1.82) is 0 Å². The zero-order valence-electron chi connectivity index (χ0n) is 37.7. The molecule has 0 aromatic heterocycles. The molecule has 72 heavy (non-hydrogen) atoms. The van der Waals surface area contributed by atoms with E-state index >= 15 is 0 Å². The second-order valence-electron chi connectivity index (χ2n) is 18.3. The van der Waals surface area contributed by atoms with Gasteiger partial charge in [-0.1, -0.05) is 0 Å². The Labute approximate surface area is 406 Å². The van der Waals surface area contributed by atoms with Crippen LogP contribution in [-0.2, 0) is 61.6 Å². The van der Waals surface area contributed by atoms with Gasteiger partial charge in [0.05, 0.1) is 46.2 Å². The molecule has 0 aromatic rings. The van der Waals surface area contributed by atoms with Crippen molar-refractivity contribution in [2.24, 2.45) is 0 Å². The molecule has 0 aliphatic carbocycles. The average Bonchev–Trinajstić information content (AvgIpc) is 3.36. The first kappa shape index (κ1) is 58.4. The molecular weight excluding hydrogens is 996 g/mol. The van der Waals surface area contributed by atoms with Gasteiger partial charge in [-0.05, 0) is 0 Å². The highest BCUT2D eigenvalue weighted by Crippen LogP contribution is 2.36. The molecular formula is C39H66O33. The van der Waals surface area contributed by atoms with E-state index in [1.807, 2.05) is 0 Å². The highest BCUT2D eigenvalue weighted by atomic mass is 16.8. The monoisotopic (exact) mass is 1060 g/mol. The highest BCUT2D eigenvalue weighted by Gasteiger charge is 2.56. The summed E-state index contributed by atoms with van der Waals surface area (Å²) in [5.41, 5.74) is 0. The summed E-state index contributed by atoms with van der Waals surface area (Å²) in [4.78, 5) is 0. The van der Waals surface area contributed by atoms with Gasteiger partial charge in [0.1, 0.15) is 153 Å². The Morgan fingerprint density at radius 3 is 0.972 bits per heavy atom. The third-order valence-electron chi connectivity index (χ3n) is 13.3. The summed E-state index contributed by atoms with van der Waals surface area (Å²) in [6.07, 6.45) is -60.4. The van der Waals surface area contributed by atoms with E-state index in [1.165, 1.54) is 0 Å². The van der Waals surface area contributed by atoms with Crippen molar-refractivity contribution in [3.05, 3.63) is 0 Å². The molecule has 33 nitrogen and oxygen atoms in total. The van der Waals surface area contributed by atoms with E-state index in [0.717, 1.165) is 0 Å². The SMILES string of the molecule is OC[C@@H]1O[C@H](O)[C@@H](O)[C@H](O)[C@H]1O[C@H]1O[C@@H](CO[C@H]2OC[C@H](O)[C@@H](O)[C@@H]2O)[C@H](O[C@H]2O[C@@H](CO[C@H]3OC[C@H](O)[C@@H](O)[C@@H]3O)[C@H](O[C@H]3O[C@@H](CO[C@H]4OC[C@H](O)[C@@H](O)[C@@H]4O)[C@H](O)[C@@H](O)[C@@H]3O)[C@@H](O)[C@@H]2O)[C@@H](O)[C@@H]1O. The Bertz CT molecular complexity index is 1660. The summed E-state index contributed by atoms with van der Waals surface area (Å²) < 4.78 is 72.6. The fraction of sp³-hybridized carbons (Fsp3) is 1.00. The van der Waals surface area contributed by atoms with Gasteiger partial charge in [0.25, 0.3) is 0 Å². The van der Waals surface area contributed by atoms with Crippen LogP contribution < -0.4 is 0 Å². The molecule has 0 spiro atoms. The quantitative estimate of drug-likeness (QED) is 0.0682. The predicted octanol–water partition coefficient (Wildman–Crippen LogP) is -14.4. The Kier molecular flexibility index (Phi) is 20.3. The van der Waals surface area contributed by atoms with E-state index in [2.05, 4.69) is 0 Å². The minimum Gasteiger partial charge on any atom is -0.394 e. The Morgan fingerprint density at radius 2 is 0.597 bits per heavy atom. The molecule has 7 aliphatic heterocycles. The van der Waals surface area contributed by atoms with Gasteiger partial charge in [0.2, 0.25) is 0 Å². The molecule has 0 saturated carbocycles. The average molecular weight is 1060 g/mol. The van der Waals surface area contributed by atoms with Gasteiger partial charge in [-0.2, -0.15) is 0 Å². The van der Waals surface area contributed by atoms with Gasteiger partial charge < -0.3 is 164 Å². The normalized spacial score (nSPS) is 53.8. The molecule has 0 unspecified atom stereocenters. The van der Waals surface area contributed by atoms with E-state index in [1.54, 1.807) is 0 Å². The van der Waals surface area contributed by atoms with E-state index in [4.69, 9.17) is 61.6 Å². The van der Waals surface area contributed by atoms with Crippen LogP contribution in [0.4, 0.5) is 0 Å². The predicted molar refractivity (Wildman–Crippen MR) is 214 cm³/mol. The lowest BCUT2D eigenvalue weighted by atomic mass is 9.95. The Balaban J connectivity index is 1.11. The maximum Gasteiger partial charge on any atom is 0.187 e. The summed E-state index contributed by atoms with van der Waals surface area (Å²) in [7, 11) is 0. The first-order chi connectivity index (χ1) is 34.0. The lowest BCUT2D eigenvalue weighted by Crippen LogP contribution is -2.68. The highest BCUT2D eigenvalue weighted by molar-refractivity contribution is 4.99. The molecule has 0 aromatic carbocycles. The van der Waals surface area contributed by atoms with E-state index < -0.39 is 243 Å². The maximum atomic E-state index is 11.7. The number of aliphatic hydroxyl groups excluding tert-OH is 20. The van der Waals surface area contributed by atoms with Gasteiger partial charge in [-0.25, -0.2) is 0 Å². The Morgan fingerprint density at radius 1 is 0.292 bits per heavy atom. The van der Waals surface area contributed by atoms with Gasteiger partial charge in [0, 0.05) is 0 Å². The summed E-state index contributed by atoms with van der Waals surface area (Å²) in [6.45, 7) is -4.95. The van der Waals surface area contributed by atoms with Crippen molar-refractivity contribution in [2.45, 2.75) is 197 Å². The van der Waals surface area contributed by atoms with Crippen molar-refractivity contribution < 1.29 is 164 Å². The topological polar surface area (TPSA) is 525 Å². The minimum absolute atomic E-state index is 0.471. The molecule has 0 bridgehead atoms. The zero-order chi connectivity index (χ0) is 52.6. The largest absolute Gasteiger partial charge is 0.394 e. The molecule has 33 heteroatoms. The minimum atomic E-state index is -2.30. The third-order valence-corrected chi connectivity index (χ3v) is 13.3. The van der Waals surface area contributed by atoms with Crippen molar-refractivity contribution in [3.63, 3.8) is 0 Å². The second kappa shape index (κ2) is 25.0. The molecule has 7 saturated heterocycles. The van der Waals surface area contributed by atoms with Crippen LogP contribution in [0.25, 0.3) is 0 Å². The smallest absolute Gasteiger partial charge is 0.187 e. The lowest BCUT2D eigenvalue weighted by Gasteiger charge is -2.49. The van der Waals surface area contributed by atoms with Crippen molar-refractivity contribution >= 4 is 0 Å². The molecule has 0 radical (unpaired) electrons. The van der Waals surface area contributed by atoms with Crippen LogP contribution in [0, 0.1) is 0 Å². The fourth-order valence-electron chi connectivity index (χ4n) is 8.85. The molecule has 7 aliphatic rings. The lowest BCUT2D eigenvalue weighted by molar-refractivity contribution is -0.393. The van der Waals surface area contributed by atoms with Crippen LogP contribution in [0.5, 0.6) is 0 Å².